The number of nitrogens with zero attached hydrogens (tertiary/aromatic N) is 3. The van der Waals surface area contributed by atoms with Crippen LogP contribution in [-0.4, -0.2) is 20.7 Å². The Morgan fingerprint density at radius 2 is 2.00 bits per heavy atom. The summed E-state index contributed by atoms with van der Waals surface area (Å²) >= 11 is 3.04. The number of hydrogen-bond acceptors (Lipinski definition) is 8. The first-order valence-corrected chi connectivity index (χ1v) is 9.87. The fourth-order valence-corrected chi connectivity index (χ4v) is 3.85. The number of carbonyl (C=O) groups excluding carboxylic acids is 1. The summed E-state index contributed by atoms with van der Waals surface area (Å²) in [5.74, 6) is -1.87. The zero-order valence-corrected chi connectivity index (χ0v) is 15.8. The van der Waals surface area contributed by atoms with Crippen LogP contribution < -0.4 is 5.76 Å². The zero-order valence-electron chi connectivity index (χ0n) is 14.2. The van der Waals surface area contributed by atoms with Gasteiger partial charge in [-0.05, 0) is 35.7 Å². The molecule has 0 aliphatic heterocycles. The molecule has 142 valence electrons. The largest absolute Gasteiger partial charge is 0.458 e. The van der Waals surface area contributed by atoms with Crippen LogP contribution in [0.4, 0.5) is 4.39 Å². The van der Waals surface area contributed by atoms with E-state index in [1.807, 2.05) is 22.2 Å². The minimum atomic E-state index is -0.801. The highest BCUT2D eigenvalue weighted by atomic mass is 32.1. The molecule has 0 saturated heterocycles. The summed E-state index contributed by atoms with van der Waals surface area (Å²) in [5.41, 5.74) is 2.07. The molecule has 7 nitrogen and oxygen atoms in total. The van der Waals surface area contributed by atoms with Gasteiger partial charge in [0.25, 0.3) is 0 Å². The van der Waals surface area contributed by atoms with Gasteiger partial charge in [-0.15, -0.1) is 16.4 Å². The van der Waals surface area contributed by atoms with Crippen LogP contribution in [0.25, 0.3) is 22.0 Å². The molecule has 0 N–H and O–H groups in total. The van der Waals surface area contributed by atoms with Gasteiger partial charge < -0.3 is 9.15 Å². The minimum absolute atomic E-state index is 0.00212. The Hall–Kier alpha value is -3.11. The predicted molar refractivity (Wildman–Crippen MR) is 101 cm³/mol. The molecule has 0 atom stereocenters. The number of thiazole rings is 1. The molecule has 28 heavy (non-hydrogen) atoms. The first-order valence-electron chi connectivity index (χ1n) is 8.05. The molecular weight excluding hydrogens is 405 g/mol. The predicted octanol–water partition coefficient (Wildman–Crippen LogP) is 3.57. The lowest BCUT2D eigenvalue weighted by Crippen LogP contribution is -2.23. The van der Waals surface area contributed by atoms with E-state index >= 15 is 0 Å². The van der Waals surface area contributed by atoms with Crippen molar-refractivity contribution < 1.29 is 18.3 Å². The van der Waals surface area contributed by atoms with E-state index in [1.54, 1.807) is 11.3 Å². The van der Waals surface area contributed by atoms with E-state index in [1.165, 1.54) is 35.6 Å². The van der Waals surface area contributed by atoms with Crippen molar-refractivity contribution in [1.29, 1.82) is 0 Å². The highest BCUT2D eigenvalue weighted by molar-refractivity contribution is 7.14. The molecule has 0 aliphatic carbocycles. The maximum atomic E-state index is 13.0. The lowest BCUT2D eigenvalue weighted by Gasteiger charge is -2.01. The van der Waals surface area contributed by atoms with Gasteiger partial charge in [0.05, 0.1) is 5.69 Å². The van der Waals surface area contributed by atoms with Gasteiger partial charge in [0.2, 0.25) is 5.89 Å². The number of carbonyl (C=O) groups is 1. The third-order valence-electron chi connectivity index (χ3n) is 3.68. The SMILES string of the molecule is O=C(Cn1nc(-c2ccc(F)cc2)oc1=O)OCc1csc(-c2ccsc2)n1. The summed E-state index contributed by atoms with van der Waals surface area (Å²) in [6.45, 7) is -0.401. The first-order chi connectivity index (χ1) is 13.6. The molecule has 10 heteroatoms. The van der Waals surface area contributed by atoms with Gasteiger partial charge in [-0.3, -0.25) is 4.79 Å². The van der Waals surface area contributed by atoms with Crippen LogP contribution in [0, 0.1) is 5.82 Å². The maximum absolute atomic E-state index is 13.0. The Balaban J connectivity index is 1.38. The van der Waals surface area contributed by atoms with Crippen molar-refractivity contribution in [1.82, 2.24) is 14.8 Å². The quantitative estimate of drug-likeness (QED) is 0.446. The fraction of sp³-hybridized carbons (Fsp3) is 0.111. The van der Waals surface area contributed by atoms with Crippen LogP contribution in [0.1, 0.15) is 5.69 Å². The minimum Gasteiger partial charge on any atom is -0.458 e. The average molecular weight is 417 g/mol. The highest BCUT2D eigenvalue weighted by Gasteiger charge is 2.15. The summed E-state index contributed by atoms with van der Waals surface area (Å²) in [7, 11) is 0. The van der Waals surface area contributed by atoms with Crippen LogP contribution in [-0.2, 0) is 22.7 Å². The normalized spacial score (nSPS) is 10.9. The maximum Gasteiger partial charge on any atom is 0.437 e. The van der Waals surface area contributed by atoms with Crippen molar-refractivity contribution >= 4 is 28.6 Å². The number of benzene rings is 1. The first kappa shape index (κ1) is 18.3. The second-order valence-corrected chi connectivity index (χ2v) is 7.29. The third kappa shape index (κ3) is 4.07. The van der Waals surface area contributed by atoms with E-state index in [0.29, 0.717) is 11.3 Å². The molecule has 0 radical (unpaired) electrons. The van der Waals surface area contributed by atoms with E-state index in [2.05, 4.69) is 10.1 Å². The van der Waals surface area contributed by atoms with Gasteiger partial charge in [0.1, 0.15) is 24.0 Å². The van der Waals surface area contributed by atoms with Crippen LogP contribution in [0.5, 0.6) is 0 Å². The van der Waals surface area contributed by atoms with Crippen molar-refractivity contribution in [2.45, 2.75) is 13.2 Å². The number of ether oxygens (including phenoxy) is 1. The summed E-state index contributed by atoms with van der Waals surface area (Å²) in [6, 6.07) is 7.27. The Morgan fingerprint density at radius 1 is 1.18 bits per heavy atom. The van der Waals surface area contributed by atoms with Crippen molar-refractivity contribution in [2.24, 2.45) is 0 Å². The van der Waals surface area contributed by atoms with E-state index in [4.69, 9.17) is 9.15 Å². The van der Waals surface area contributed by atoms with Crippen molar-refractivity contribution in [3.63, 3.8) is 0 Å². The van der Waals surface area contributed by atoms with Crippen molar-refractivity contribution in [3.05, 3.63) is 68.5 Å². The van der Waals surface area contributed by atoms with Gasteiger partial charge in [-0.1, -0.05) is 0 Å². The van der Waals surface area contributed by atoms with Gasteiger partial charge in [0.15, 0.2) is 0 Å². The summed E-state index contributed by atoms with van der Waals surface area (Å²) in [5, 5.41) is 10.6. The summed E-state index contributed by atoms with van der Waals surface area (Å²) < 4.78 is 24.0. The fourth-order valence-electron chi connectivity index (χ4n) is 2.33. The van der Waals surface area contributed by atoms with Crippen LogP contribution in [0.2, 0.25) is 0 Å². The highest BCUT2D eigenvalue weighted by Crippen LogP contribution is 2.25. The van der Waals surface area contributed by atoms with E-state index in [0.717, 1.165) is 15.3 Å². The molecule has 0 aliphatic rings. The summed E-state index contributed by atoms with van der Waals surface area (Å²) in [6.07, 6.45) is 0. The molecule has 4 aromatic rings. The second kappa shape index (κ2) is 7.87. The standard InChI is InChI=1S/C18H12FN3O4S2/c19-13-3-1-11(2-4-13)16-21-22(18(24)26-16)7-15(23)25-8-14-10-28-17(20-14)12-5-6-27-9-12/h1-6,9-10H,7-8H2. The number of hydrogen-bond donors (Lipinski definition) is 0. The Kier molecular flexibility index (Phi) is 5.13. The van der Waals surface area contributed by atoms with E-state index < -0.39 is 24.1 Å². The molecule has 0 unspecified atom stereocenters. The van der Waals surface area contributed by atoms with Crippen LogP contribution in [0.15, 0.2) is 55.7 Å². The molecule has 0 amide bonds. The van der Waals surface area contributed by atoms with Crippen molar-refractivity contribution in [2.75, 3.05) is 0 Å². The number of esters is 1. The molecule has 0 bridgehead atoms. The number of halogens is 1. The molecule has 3 aromatic heterocycles. The van der Waals surface area contributed by atoms with Gasteiger partial charge >= 0.3 is 11.7 Å². The van der Waals surface area contributed by atoms with Crippen molar-refractivity contribution in [3.8, 4) is 22.0 Å². The van der Waals surface area contributed by atoms with Gasteiger partial charge in [0, 0.05) is 21.9 Å². The van der Waals surface area contributed by atoms with E-state index in [9.17, 15) is 14.0 Å². The molecule has 3 heterocycles. The second-order valence-electron chi connectivity index (χ2n) is 5.65. The Labute approximate surface area is 165 Å². The molecule has 4 rings (SSSR count). The molecule has 0 fully saturated rings. The lowest BCUT2D eigenvalue weighted by molar-refractivity contribution is -0.146. The Morgan fingerprint density at radius 3 is 2.75 bits per heavy atom. The number of rotatable bonds is 6. The smallest absolute Gasteiger partial charge is 0.437 e. The molecule has 0 spiro atoms. The van der Waals surface area contributed by atoms with Gasteiger partial charge in [-0.2, -0.15) is 16.0 Å². The Bertz CT molecular complexity index is 1150. The molecule has 1 aromatic carbocycles. The van der Waals surface area contributed by atoms with Crippen LogP contribution in [0.3, 0.4) is 0 Å². The molecule has 0 saturated carbocycles. The number of aromatic nitrogens is 3. The van der Waals surface area contributed by atoms with Gasteiger partial charge in [-0.25, -0.2) is 14.2 Å². The molecular formula is C18H12FN3O4S2. The number of thiophene rings is 1. The van der Waals surface area contributed by atoms with Crippen LogP contribution >= 0.6 is 22.7 Å². The topological polar surface area (TPSA) is 87.2 Å². The summed E-state index contributed by atoms with van der Waals surface area (Å²) in [4.78, 5) is 28.3. The lowest BCUT2D eigenvalue weighted by atomic mass is 10.2. The monoisotopic (exact) mass is 417 g/mol. The average Bonchev–Trinajstić information content (AvgIpc) is 3.42. The zero-order chi connectivity index (χ0) is 19.5. The van der Waals surface area contributed by atoms with E-state index in [-0.39, 0.29) is 12.5 Å². The third-order valence-corrected chi connectivity index (χ3v) is 5.30.